The average Bonchev–Trinajstić information content (AvgIpc) is 2.71. The lowest BCUT2D eigenvalue weighted by Crippen LogP contribution is -1.99. The van der Waals surface area contributed by atoms with E-state index in [1.165, 1.54) is 43.4 Å². The fourth-order valence-corrected chi connectivity index (χ4v) is 2.40. The van der Waals surface area contributed by atoms with Crippen LogP contribution in [0.1, 0.15) is 31.2 Å². The molecule has 0 saturated heterocycles. The molecule has 0 atom stereocenters. The topological polar surface area (TPSA) is 12.0 Å². The van der Waals surface area contributed by atoms with Crippen molar-refractivity contribution in [3.05, 3.63) is 29.8 Å². The lowest BCUT2D eigenvalue weighted by atomic mass is 9.98. The van der Waals surface area contributed by atoms with Crippen LogP contribution in [0.3, 0.4) is 0 Å². The van der Waals surface area contributed by atoms with Crippen molar-refractivity contribution in [2.75, 3.05) is 12.4 Å². The van der Waals surface area contributed by atoms with Gasteiger partial charge >= 0.3 is 0 Å². The highest BCUT2D eigenvalue weighted by atomic mass is 14.8. The van der Waals surface area contributed by atoms with Gasteiger partial charge in [-0.2, -0.15) is 0 Å². The fraction of sp³-hybridized carbons (Fsp3) is 0.538. The Morgan fingerprint density at radius 2 is 2.07 bits per heavy atom. The monoisotopic (exact) mass is 189 g/mol. The molecule has 1 aromatic carbocycles. The van der Waals surface area contributed by atoms with Crippen LogP contribution in [0.15, 0.2) is 24.3 Å². The van der Waals surface area contributed by atoms with Crippen molar-refractivity contribution < 1.29 is 0 Å². The molecule has 0 spiro atoms. The predicted molar refractivity (Wildman–Crippen MR) is 61.7 cm³/mol. The molecule has 1 heteroatoms. The lowest BCUT2D eigenvalue weighted by molar-refractivity contribution is 0.546. The highest BCUT2D eigenvalue weighted by Crippen LogP contribution is 2.28. The van der Waals surface area contributed by atoms with E-state index < -0.39 is 0 Å². The highest BCUT2D eigenvalue weighted by molar-refractivity contribution is 5.45. The highest BCUT2D eigenvalue weighted by Gasteiger charge is 2.15. The third-order valence-electron chi connectivity index (χ3n) is 3.21. The minimum Gasteiger partial charge on any atom is -0.388 e. The van der Waals surface area contributed by atoms with E-state index in [2.05, 4.69) is 29.6 Å². The van der Waals surface area contributed by atoms with Gasteiger partial charge in [-0.25, -0.2) is 0 Å². The third-order valence-corrected chi connectivity index (χ3v) is 3.21. The van der Waals surface area contributed by atoms with Gasteiger partial charge in [0.15, 0.2) is 0 Å². The van der Waals surface area contributed by atoms with E-state index in [1.54, 1.807) is 0 Å². The van der Waals surface area contributed by atoms with E-state index in [1.807, 2.05) is 7.05 Å². The summed E-state index contributed by atoms with van der Waals surface area (Å²) in [5.41, 5.74) is 2.73. The average molecular weight is 189 g/mol. The molecule has 1 fully saturated rings. The van der Waals surface area contributed by atoms with E-state index >= 15 is 0 Å². The molecule has 0 aliphatic heterocycles. The van der Waals surface area contributed by atoms with Crippen LogP contribution in [-0.4, -0.2) is 7.05 Å². The van der Waals surface area contributed by atoms with Gasteiger partial charge < -0.3 is 5.32 Å². The number of nitrogens with one attached hydrogen (secondary N) is 1. The lowest BCUT2D eigenvalue weighted by Gasteiger charge is -2.09. The van der Waals surface area contributed by atoms with Gasteiger partial charge in [-0.3, -0.25) is 0 Å². The normalized spacial score (nSPS) is 17.2. The Morgan fingerprint density at radius 3 is 2.79 bits per heavy atom. The van der Waals surface area contributed by atoms with Crippen LogP contribution in [0, 0.1) is 5.92 Å². The van der Waals surface area contributed by atoms with Crippen molar-refractivity contribution in [1.82, 2.24) is 0 Å². The Bertz CT molecular complexity index is 287. The quantitative estimate of drug-likeness (QED) is 0.767. The smallest absolute Gasteiger partial charge is 0.0340 e. The Kier molecular flexibility index (Phi) is 3.07. The van der Waals surface area contributed by atoms with Crippen LogP contribution in [0.2, 0.25) is 0 Å². The Balaban J connectivity index is 2.00. The molecule has 0 bridgehead atoms. The molecule has 76 valence electrons. The zero-order chi connectivity index (χ0) is 9.80. The van der Waals surface area contributed by atoms with Crippen molar-refractivity contribution in [3.63, 3.8) is 0 Å². The Hall–Kier alpha value is -0.980. The van der Waals surface area contributed by atoms with Crippen molar-refractivity contribution in [2.45, 2.75) is 32.1 Å². The molecule has 1 aromatic rings. The molecule has 0 radical (unpaired) electrons. The Labute approximate surface area is 86.5 Å². The first-order valence-corrected chi connectivity index (χ1v) is 5.65. The molecule has 1 N–H and O–H groups in total. The van der Waals surface area contributed by atoms with Crippen LogP contribution in [0.4, 0.5) is 5.69 Å². The first kappa shape index (κ1) is 9.57. The second kappa shape index (κ2) is 4.50. The van der Waals surface area contributed by atoms with Crippen LogP contribution in [0.25, 0.3) is 0 Å². The second-order valence-electron chi connectivity index (χ2n) is 4.30. The van der Waals surface area contributed by atoms with Crippen molar-refractivity contribution in [1.29, 1.82) is 0 Å². The number of hydrogen-bond donors (Lipinski definition) is 1. The van der Waals surface area contributed by atoms with Crippen LogP contribution >= 0.6 is 0 Å². The molecule has 1 aliphatic rings. The summed E-state index contributed by atoms with van der Waals surface area (Å²) in [4.78, 5) is 0. The molecule has 14 heavy (non-hydrogen) atoms. The zero-order valence-electron chi connectivity index (χ0n) is 8.92. The second-order valence-corrected chi connectivity index (χ2v) is 4.30. The van der Waals surface area contributed by atoms with Gasteiger partial charge in [-0.1, -0.05) is 37.8 Å². The van der Waals surface area contributed by atoms with Gasteiger partial charge in [0.05, 0.1) is 0 Å². The minimum absolute atomic E-state index is 0.946. The molecule has 2 rings (SSSR count). The summed E-state index contributed by atoms with van der Waals surface area (Å²) in [5.74, 6) is 0.946. The first-order chi connectivity index (χ1) is 6.88. The molecule has 1 saturated carbocycles. The SMILES string of the molecule is CNc1cccc(CC2CCCC2)c1. The van der Waals surface area contributed by atoms with Gasteiger partial charge in [0, 0.05) is 12.7 Å². The van der Waals surface area contributed by atoms with E-state index in [-0.39, 0.29) is 0 Å². The maximum Gasteiger partial charge on any atom is 0.0340 e. The number of benzene rings is 1. The largest absolute Gasteiger partial charge is 0.388 e. The molecule has 1 nitrogen and oxygen atoms in total. The summed E-state index contributed by atoms with van der Waals surface area (Å²) in [6, 6.07) is 8.80. The van der Waals surface area contributed by atoms with E-state index in [4.69, 9.17) is 0 Å². The molecular weight excluding hydrogens is 170 g/mol. The molecule has 0 amide bonds. The number of hydrogen-bond acceptors (Lipinski definition) is 1. The third kappa shape index (κ3) is 2.28. The zero-order valence-corrected chi connectivity index (χ0v) is 8.92. The van der Waals surface area contributed by atoms with Gasteiger partial charge in [-0.05, 0) is 30.0 Å². The van der Waals surface area contributed by atoms with Gasteiger partial charge in [-0.15, -0.1) is 0 Å². The number of anilines is 1. The summed E-state index contributed by atoms with van der Waals surface area (Å²) < 4.78 is 0. The van der Waals surface area contributed by atoms with Gasteiger partial charge in [0.2, 0.25) is 0 Å². The Morgan fingerprint density at radius 1 is 1.29 bits per heavy atom. The summed E-state index contributed by atoms with van der Waals surface area (Å²) >= 11 is 0. The van der Waals surface area contributed by atoms with E-state index in [0.29, 0.717) is 0 Å². The van der Waals surface area contributed by atoms with Crippen molar-refractivity contribution in [2.24, 2.45) is 5.92 Å². The summed E-state index contributed by atoms with van der Waals surface area (Å²) in [6.07, 6.45) is 7.02. The predicted octanol–water partition coefficient (Wildman–Crippen LogP) is 3.46. The molecule has 0 aromatic heterocycles. The van der Waals surface area contributed by atoms with Crippen molar-refractivity contribution in [3.8, 4) is 0 Å². The number of rotatable bonds is 3. The first-order valence-electron chi connectivity index (χ1n) is 5.65. The van der Waals surface area contributed by atoms with Crippen LogP contribution < -0.4 is 5.32 Å². The molecule has 1 aliphatic carbocycles. The molecule has 0 heterocycles. The van der Waals surface area contributed by atoms with Gasteiger partial charge in [0.1, 0.15) is 0 Å². The summed E-state index contributed by atoms with van der Waals surface area (Å²) in [5, 5.41) is 3.19. The maximum atomic E-state index is 3.19. The van der Waals surface area contributed by atoms with Gasteiger partial charge in [0.25, 0.3) is 0 Å². The van der Waals surface area contributed by atoms with E-state index in [0.717, 1.165) is 5.92 Å². The maximum absolute atomic E-state index is 3.19. The minimum atomic E-state index is 0.946. The van der Waals surface area contributed by atoms with Crippen LogP contribution in [0.5, 0.6) is 0 Å². The molecular formula is C13H19N. The molecule has 0 unspecified atom stereocenters. The van der Waals surface area contributed by atoms with E-state index in [9.17, 15) is 0 Å². The summed E-state index contributed by atoms with van der Waals surface area (Å²) in [7, 11) is 1.98. The van der Waals surface area contributed by atoms with Crippen LogP contribution in [-0.2, 0) is 6.42 Å². The van der Waals surface area contributed by atoms with Crippen molar-refractivity contribution >= 4 is 5.69 Å². The fourth-order valence-electron chi connectivity index (χ4n) is 2.40. The standard InChI is InChI=1S/C13H19N/c1-14-13-8-4-7-12(10-13)9-11-5-2-3-6-11/h4,7-8,10-11,14H,2-3,5-6,9H2,1H3. The summed E-state index contributed by atoms with van der Waals surface area (Å²) in [6.45, 7) is 0.